The molecule has 0 atom stereocenters. The van der Waals surface area contributed by atoms with E-state index in [9.17, 15) is 5.11 Å². The molecule has 156 valence electrons. The van der Waals surface area contributed by atoms with Crippen molar-refractivity contribution in [1.29, 1.82) is 0 Å². The van der Waals surface area contributed by atoms with Gasteiger partial charge in [0.2, 0.25) is 0 Å². The van der Waals surface area contributed by atoms with Crippen LogP contribution in [-0.2, 0) is 0 Å². The lowest BCUT2D eigenvalue weighted by atomic mass is 10.0. The van der Waals surface area contributed by atoms with E-state index in [-0.39, 0.29) is 5.75 Å². The van der Waals surface area contributed by atoms with Crippen molar-refractivity contribution in [2.45, 2.75) is 38.5 Å². The molecular formula is C24H28N4OS. The average Bonchev–Trinajstić information content (AvgIpc) is 3.38. The van der Waals surface area contributed by atoms with E-state index < -0.39 is 0 Å². The molecule has 1 aliphatic carbocycles. The second-order valence-corrected chi connectivity index (χ2v) is 8.91. The summed E-state index contributed by atoms with van der Waals surface area (Å²) >= 11 is 1.35. The maximum Gasteiger partial charge on any atom is 0.181 e. The van der Waals surface area contributed by atoms with Gasteiger partial charge in [0.05, 0.1) is 11.2 Å². The molecule has 0 unspecified atom stereocenters. The van der Waals surface area contributed by atoms with E-state index in [0.717, 1.165) is 34.1 Å². The second-order valence-electron chi connectivity index (χ2n) is 7.85. The molecule has 30 heavy (non-hydrogen) atoms. The van der Waals surface area contributed by atoms with Crippen molar-refractivity contribution in [1.82, 2.24) is 4.98 Å². The number of fused-ring (bicyclic) bond motifs is 1. The number of nitrogens with two attached hydrogens (primary N) is 1. The summed E-state index contributed by atoms with van der Waals surface area (Å²) < 4.78 is 0.844. The summed E-state index contributed by atoms with van der Waals surface area (Å²) in [6.45, 7) is 1.54. The standard InChI is InChI=1S/C24H28N4OS/c25-24-28-23-21(29)14-18(15-22(23)30-24)9-5-13-27-20-11-3-10-19(16-20)26-12-4-8-17-6-1-2-7-17/h3,10-11,14-17,26-27,29H,1-2,4,6-8,12-13H2,(H2,25,28). The van der Waals surface area contributed by atoms with Crippen molar-refractivity contribution in [2.75, 3.05) is 29.5 Å². The van der Waals surface area contributed by atoms with Gasteiger partial charge in [-0.3, -0.25) is 0 Å². The molecule has 4 rings (SSSR count). The molecule has 0 saturated heterocycles. The number of aromatic hydroxyl groups is 1. The monoisotopic (exact) mass is 420 g/mol. The Labute approximate surface area is 181 Å². The van der Waals surface area contributed by atoms with Crippen molar-refractivity contribution in [2.24, 2.45) is 5.92 Å². The van der Waals surface area contributed by atoms with Crippen LogP contribution in [0.1, 0.15) is 44.1 Å². The smallest absolute Gasteiger partial charge is 0.181 e. The average molecular weight is 421 g/mol. The van der Waals surface area contributed by atoms with Crippen LogP contribution in [0.2, 0.25) is 0 Å². The quantitative estimate of drug-likeness (QED) is 0.303. The fraction of sp³-hybridized carbons (Fsp3) is 0.375. The zero-order valence-corrected chi connectivity index (χ0v) is 17.9. The Hall–Kier alpha value is -2.91. The Balaban J connectivity index is 1.27. The van der Waals surface area contributed by atoms with Crippen LogP contribution in [0.4, 0.5) is 16.5 Å². The molecule has 5 nitrogen and oxygen atoms in total. The molecule has 0 radical (unpaired) electrons. The Morgan fingerprint density at radius 1 is 1.13 bits per heavy atom. The van der Waals surface area contributed by atoms with Crippen LogP contribution in [0.3, 0.4) is 0 Å². The van der Waals surface area contributed by atoms with E-state index in [0.29, 0.717) is 17.2 Å². The largest absolute Gasteiger partial charge is 0.506 e. The molecule has 1 aliphatic rings. The Morgan fingerprint density at radius 3 is 2.77 bits per heavy atom. The topological polar surface area (TPSA) is 83.2 Å². The molecule has 1 saturated carbocycles. The number of thiazole rings is 1. The molecule has 1 heterocycles. The molecule has 0 spiro atoms. The number of phenolic OH excluding ortho intramolecular Hbond substituents is 1. The van der Waals surface area contributed by atoms with Gasteiger partial charge in [0.1, 0.15) is 11.3 Å². The van der Waals surface area contributed by atoms with Crippen molar-refractivity contribution < 1.29 is 5.11 Å². The van der Waals surface area contributed by atoms with Gasteiger partial charge >= 0.3 is 0 Å². The summed E-state index contributed by atoms with van der Waals surface area (Å²) in [5.74, 6) is 7.27. The Morgan fingerprint density at radius 2 is 1.93 bits per heavy atom. The molecule has 5 N–H and O–H groups in total. The van der Waals surface area contributed by atoms with Gasteiger partial charge in [0, 0.05) is 23.5 Å². The van der Waals surface area contributed by atoms with Gasteiger partial charge in [-0.2, -0.15) is 0 Å². The Kier molecular flexibility index (Phi) is 6.60. The summed E-state index contributed by atoms with van der Waals surface area (Å²) in [5, 5.41) is 17.4. The van der Waals surface area contributed by atoms with Gasteiger partial charge in [-0.15, -0.1) is 0 Å². The molecule has 1 fully saturated rings. The number of hydrogen-bond donors (Lipinski definition) is 4. The van der Waals surface area contributed by atoms with E-state index in [1.807, 2.05) is 12.1 Å². The molecule has 1 aromatic heterocycles. The van der Waals surface area contributed by atoms with E-state index in [1.54, 1.807) is 6.07 Å². The molecule has 2 aromatic carbocycles. The van der Waals surface area contributed by atoms with Gasteiger partial charge in [-0.05, 0) is 49.1 Å². The van der Waals surface area contributed by atoms with E-state index >= 15 is 0 Å². The lowest BCUT2D eigenvalue weighted by Crippen LogP contribution is -2.05. The van der Waals surface area contributed by atoms with Gasteiger partial charge in [-0.1, -0.05) is 54.9 Å². The highest BCUT2D eigenvalue weighted by atomic mass is 32.1. The number of aromatic nitrogens is 1. The molecule has 0 aliphatic heterocycles. The summed E-state index contributed by atoms with van der Waals surface area (Å²) in [5.41, 5.74) is 9.19. The third-order valence-corrected chi connectivity index (χ3v) is 6.39. The number of phenols is 1. The number of benzene rings is 2. The van der Waals surface area contributed by atoms with Crippen LogP contribution in [0, 0.1) is 17.8 Å². The first-order valence-corrected chi connectivity index (χ1v) is 11.4. The number of nitrogens with zero attached hydrogens (tertiary/aromatic N) is 1. The first-order chi connectivity index (χ1) is 14.7. The molecule has 0 amide bonds. The Bertz CT molecular complexity index is 1060. The predicted molar refractivity (Wildman–Crippen MR) is 127 cm³/mol. The predicted octanol–water partition coefficient (Wildman–Crippen LogP) is 5.43. The lowest BCUT2D eigenvalue weighted by molar-refractivity contribution is 0.480. The van der Waals surface area contributed by atoms with Crippen molar-refractivity contribution in [3.05, 3.63) is 42.0 Å². The number of anilines is 3. The molecule has 3 aromatic rings. The highest BCUT2D eigenvalue weighted by Crippen LogP contribution is 2.31. The van der Waals surface area contributed by atoms with Crippen LogP contribution in [0.25, 0.3) is 10.2 Å². The van der Waals surface area contributed by atoms with Gasteiger partial charge in [-0.25, -0.2) is 4.98 Å². The normalized spacial score (nSPS) is 13.9. The second kappa shape index (κ2) is 9.73. The zero-order valence-electron chi connectivity index (χ0n) is 17.1. The number of hydrogen-bond acceptors (Lipinski definition) is 6. The summed E-state index contributed by atoms with van der Waals surface area (Å²) in [7, 11) is 0. The van der Waals surface area contributed by atoms with Gasteiger partial charge < -0.3 is 21.5 Å². The van der Waals surface area contributed by atoms with Crippen LogP contribution < -0.4 is 16.4 Å². The molecule has 6 heteroatoms. The van der Waals surface area contributed by atoms with Gasteiger partial charge in [0.25, 0.3) is 0 Å². The van der Waals surface area contributed by atoms with Crippen LogP contribution in [-0.4, -0.2) is 23.2 Å². The van der Waals surface area contributed by atoms with E-state index in [1.165, 1.54) is 49.9 Å². The van der Waals surface area contributed by atoms with Gasteiger partial charge in [0.15, 0.2) is 5.13 Å². The van der Waals surface area contributed by atoms with Crippen molar-refractivity contribution in [3.63, 3.8) is 0 Å². The third kappa shape index (κ3) is 5.37. The van der Waals surface area contributed by atoms with Crippen molar-refractivity contribution in [3.8, 4) is 17.6 Å². The minimum Gasteiger partial charge on any atom is -0.506 e. The highest BCUT2D eigenvalue weighted by Gasteiger charge is 2.13. The number of rotatable bonds is 7. The zero-order chi connectivity index (χ0) is 20.8. The summed E-state index contributed by atoms with van der Waals surface area (Å²) in [6.07, 6.45) is 8.26. The van der Waals surface area contributed by atoms with Crippen LogP contribution in [0.15, 0.2) is 36.4 Å². The first-order valence-electron chi connectivity index (χ1n) is 10.6. The fourth-order valence-corrected chi connectivity index (χ4v) is 4.85. The fourth-order valence-electron chi connectivity index (χ4n) is 4.06. The van der Waals surface area contributed by atoms with Crippen LogP contribution >= 0.6 is 11.3 Å². The molecular weight excluding hydrogens is 392 g/mol. The van der Waals surface area contributed by atoms with Crippen LogP contribution in [0.5, 0.6) is 5.75 Å². The number of nitrogens with one attached hydrogen (secondary N) is 2. The first kappa shape index (κ1) is 20.4. The minimum absolute atomic E-state index is 0.115. The minimum atomic E-state index is 0.115. The maximum absolute atomic E-state index is 10.1. The van der Waals surface area contributed by atoms with Crippen molar-refractivity contribution >= 4 is 38.1 Å². The third-order valence-electron chi connectivity index (χ3n) is 5.56. The number of nitrogen functional groups attached to an aromatic ring is 1. The molecule has 0 bridgehead atoms. The summed E-state index contributed by atoms with van der Waals surface area (Å²) in [4.78, 5) is 4.12. The van der Waals surface area contributed by atoms with E-state index in [2.05, 4.69) is 45.7 Å². The van der Waals surface area contributed by atoms with E-state index in [4.69, 9.17) is 5.73 Å². The summed E-state index contributed by atoms with van der Waals surface area (Å²) in [6, 6.07) is 11.9. The maximum atomic E-state index is 10.1. The SMILES string of the molecule is Nc1nc2c(O)cc(C#CCNc3cccc(NCCCC4CCCC4)c3)cc2s1. The lowest BCUT2D eigenvalue weighted by Gasteiger charge is -2.11. The highest BCUT2D eigenvalue weighted by molar-refractivity contribution is 7.22.